The second-order valence-electron chi connectivity index (χ2n) is 4.65. The van der Waals surface area contributed by atoms with Gasteiger partial charge in [0.05, 0.1) is 0 Å². The SMILES string of the molecule is C=CCOC(=O)N1CCNC(Cc2ccccc2)C1. The third-order valence-electron chi connectivity index (χ3n) is 3.16. The van der Waals surface area contributed by atoms with Gasteiger partial charge in [0.2, 0.25) is 0 Å². The molecule has 1 saturated heterocycles. The van der Waals surface area contributed by atoms with Crippen LogP contribution in [-0.2, 0) is 11.2 Å². The zero-order chi connectivity index (χ0) is 13.5. The van der Waals surface area contributed by atoms with Gasteiger partial charge in [-0.2, -0.15) is 0 Å². The Labute approximate surface area is 114 Å². The molecule has 1 aliphatic rings. The van der Waals surface area contributed by atoms with Gasteiger partial charge in [-0.1, -0.05) is 43.0 Å². The summed E-state index contributed by atoms with van der Waals surface area (Å²) in [4.78, 5) is 13.5. The van der Waals surface area contributed by atoms with Gasteiger partial charge < -0.3 is 15.0 Å². The van der Waals surface area contributed by atoms with E-state index >= 15 is 0 Å². The highest BCUT2D eigenvalue weighted by Crippen LogP contribution is 2.08. The van der Waals surface area contributed by atoms with Crippen LogP contribution in [0.25, 0.3) is 0 Å². The van der Waals surface area contributed by atoms with E-state index in [9.17, 15) is 4.79 Å². The number of ether oxygens (including phenoxy) is 1. The summed E-state index contributed by atoms with van der Waals surface area (Å²) in [5.74, 6) is 0. The zero-order valence-corrected chi connectivity index (χ0v) is 11.0. The van der Waals surface area contributed by atoms with Crippen LogP contribution in [0.5, 0.6) is 0 Å². The van der Waals surface area contributed by atoms with Crippen LogP contribution in [0.2, 0.25) is 0 Å². The number of amides is 1. The topological polar surface area (TPSA) is 41.6 Å². The maximum atomic E-state index is 11.8. The highest BCUT2D eigenvalue weighted by Gasteiger charge is 2.23. The minimum atomic E-state index is -0.250. The molecule has 1 N–H and O–H groups in total. The highest BCUT2D eigenvalue weighted by atomic mass is 16.6. The molecule has 0 aromatic heterocycles. The Hall–Kier alpha value is -1.81. The molecular formula is C15H20N2O2. The molecule has 0 bridgehead atoms. The lowest BCUT2D eigenvalue weighted by Crippen LogP contribution is -2.53. The fraction of sp³-hybridized carbons (Fsp3) is 0.400. The summed E-state index contributed by atoms with van der Waals surface area (Å²) < 4.78 is 5.07. The third kappa shape index (κ3) is 4.10. The Kier molecular flexibility index (Phi) is 4.98. The lowest BCUT2D eigenvalue weighted by molar-refractivity contribution is 0.0993. The summed E-state index contributed by atoms with van der Waals surface area (Å²) in [6.45, 7) is 6.00. The van der Waals surface area contributed by atoms with E-state index in [0.717, 1.165) is 13.0 Å². The van der Waals surface area contributed by atoms with Crippen LogP contribution < -0.4 is 5.32 Å². The van der Waals surface area contributed by atoms with Crippen LogP contribution in [0.3, 0.4) is 0 Å². The second-order valence-corrected chi connectivity index (χ2v) is 4.65. The Balaban J connectivity index is 1.86. The lowest BCUT2D eigenvalue weighted by Gasteiger charge is -2.33. The van der Waals surface area contributed by atoms with Crippen molar-refractivity contribution in [3.05, 3.63) is 48.6 Å². The standard InChI is InChI=1S/C15H20N2O2/c1-2-10-19-15(18)17-9-8-16-14(12-17)11-13-6-4-3-5-7-13/h2-7,14,16H,1,8-12H2. The van der Waals surface area contributed by atoms with E-state index in [0.29, 0.717) is 13.1 Å². The first-order chi connectivity index (χ1) is 9.29. The van der Waals surface area contributed by atoms with Gasteiger partial charge in [0.1, 0.15) is 6.61 Å². The van der Waals surface area contributed by atoms with Crippen molar-refractivity contribution in [3.8, 4) is 0 Å². The Morgan fingerprint density at radius 1 is 1.47 bits per heavy atom. The number of benzene rings is 1. The first-order valence-electron chi connectivity index (χ1n) is 6.59. The summed E-state index contributed by atoms with van der Waals surface area (Å²) >= 11 is 0. The van der Waals surface area contributed by atoms with Crippen molar-refractivity contribution in [1.82, 2.24) is 10.2 Å². The molecule has 1 unspecified atom stereocenters. The van der Waals surface area contributed by atoms with E-state index in [1.54, 1.807) is 11.0 Å². The van der Waals surface area contributed by atoms with E-state index in [4.69, 9.17) is 4.74 Å². The summed E-state index contributed by atoms with van der Waals surface area (Å²) in [5, 5.41) is 3.44. The largest absolute Gasteiger partial charge is 0.445 e. The molecule has 4 heteroatoms. The zero-order valence-electron chi connectivity index (χ0n) is 11.0. The minimum Gasteiger partial charge on any atom is -0.445 e. The van der Waals surface area contributed by atoms with Gasteiger partial charge in [0.15, 0.2) is 0 Å². The number of rotatable bonds is 4. The molecular weight excluding hydrogens is 240 g/mol. The van der Waals surface area contributed by atoms with Crippen LogP contribution in [0, 0.1) is 0 Å². The van der Waals surface area contributed by atoms with Crippen molar-refractivity contribution in [1.29, 1.82) is 0 Å². The van der Waals surface area contributed by atoms with Crippen molar-refractivity contribution in [3.63, 3.8) is 0 Å². The Bertz CT molecular complexity index is 419. The normalized spacial score (nSPS) is 18.9. The molecule has 102 valence electrons. The molecule has 0 radical (unpaired) electrons. The number of nitrogens with one attached hydrogen (secondary N) is 1. The maximum Gasteiger partial charge on any atom is 0.410 e. The number of hydrogen-bond donors (Lipinski definition) is 1. The van der Waals surface area contributed by atoms with Gasteiger partial charge in [-0.3, -0.25) is 0 Å². The van der Waals surface area contributed by atoms with E-state index < -0.39 is 0 Å². The molecule has 1 atom stereocenters. The molecule has 0 saturated carbocycles. The molecule has 19 heavy (non-hydrogen) atoms. The average molecular weight is 260 g/mol. The summed E-state index contributed by atoms with van der Waals surface area (Å²) in [6, 6.07) is 10.6. The summed E-state index contributed by atoms with van der Waals surface area (Å²) in [7, 11) is 0. The molecule has 0 spiro atoms. The lowest BCUT2D eigenvalue weighted by atomic mass is 10.0. The number of nitrogens with zero attached hydrogens (tertiary/aromatic N) is 1. The monoisotopic (exact) mass is 260 g/mol. The maximum absolute atomic E-state index is 11.8. The van der Waals surface area contributed by atoms with E-state index in [1.165, 1.54) is 5.56 Å². The van der Waals surface area contributed by atoms with Crippen LogP contribution in [0.1, 0.15) is 5.56 Å². The van der Waals surface area contributed by atoms with Crippen molar-refractivity contribution >= 4 is 6.09 Å². The summed E-state index contributed by atoms with van der Waals surface area (Å²) in [5.41, 5.74) is 1.28. The van der Waals surface area contributed by atoms with Crippen LogP contribution >= 0.6 is 0 Å². The number of carbonyl (C=O) groups is 1. The van der Waals surface area contributed by atoms with Crippen LogP contribution in [0.15, 0.2) is 43.0 Å². The molecule has 1 amide bonds. The first-order valence-corrected chi connectivity index (χ1v) is 6.59. The Morgan fingerprint density at radius 3 is 3.00 bits per heavy atom. The molecule has 0 aliphatic carbocycles. The van der Waals surface area contributed by atoms with Crippen LogP contribution in [-0.4, -0.2) is 43.3 Å². The fourth-order valence-electron chi connectivity index (χ4n) is 2.25. The smallest absolute Gasteiger partial charge is 0.410 e. The van der Waals surface area contributed by atoms with Gasteiger partial charge in [-0.25, -0.2) is 4.79 Å². The highest BCUT2D eigenvalue weighted by molar-refractivity contribution is 5.67. The second kappa shape index (κ2) is 6.95. The molecule has 1 heterocycles. The van der Waals surface area contributed by atoms with E-state index in [1.807, 2.05) is 18.2 Å². The van der Waals surface area contributed by atoms with E-state index in [-0.39, 0.29) is 18.7 Å². The number of carbonyl (C=O) groups excluding carboxylic acids is 1. The van der Waals surface area contributed by atoms with Gasteiger partial charge in [0, 0.05) is 25.7 Å². The minimum absolute atomic E-state index is 0.250. The van der Waals surface area contributed by atoms with Gasteiger partial charge in [-0.15, -0.1) is 0 Å². The predicted molar refractivity (Wildman–Crippen MR) is 75.1 cm³/mol. The van der Waals surface area contributed by atoms with Crippen molar-refractivity contribution in [2.45, 2.75) is 12.5 Å². The number of hydrogen-bond acceptors (Lipinski definition) is 3. The molecule has 1 fully saturated rings. The van der Waals surface area contributed by atoms with Crippen molar-refractivity contribution < 1.29 is 9.53 Å². The average Bonchev–Trinajstić information content (AvgIpc) is 2.46. The van der Waals surface area contributed by atoms with E-state index in [2.05, 4.69) is 24.0 Å². The van der Waals surface area contributed by atoms with Gasteiger partial charge in [-0.05, 0) is 12.0 Å². The molecule has 2 rings (SSSR count). The van der Waals surface area contributed by atoms with Gasteiger partial charge in [0.25, 0.3) is 0 Å². The molecule has 1 aliphatic heterocycles. The van der Waals surface area contributed by atoms with Crippen molar-refractivity contribution in [2.24, 2.45) is 0 Å². The summed E-state index contributed by atoms with van der Waals surface area (Å²) in [6.07, 6.45) is 2.26. The molecule has 1 aromatic carbocycles. The fourth-order valence-corrected chi connectivity index (χ4v) is 2.25. The van der Waals surface area contributed by atoms with Crippen LogP contribution in [0.4, 0.5) is 4.79 Å². The Morgan fingerprint density at radius 2 is 2.26 bits per heavy atom. The molecule has 1 aromatic rings. The van der Waals surface area contributed by atoms with Crippen molar-refractivity contribution in [2.75, 3.05) is 26.2 Å². The third-order valence-corrected chi connectivity index (χ3v) is 3.16. The number of piperazine rings is 1. The quantitative estimate of drug-likeness (QED) is 0.840. The molecule has 4 nitrogen and oxygen atoms in total. The first kappa shape index (κ1) is 13.6. The van der Waals surface area contributed by atoms with Gasteiger partial charge >= 0.3 is 6.09 Å². The predicted octanol–water partition coefficient (Wildman–Crippen LogP) is 1.83.